The average Bonchev–Trinajstić information content (AvgIpc) is 2.37. The topological polar surface area (TPSA) is 29.3 Å². The smallest absolute Gasteiger partial charge is 0.339 e. The van der Waals surface area contributed by atoms with Crippen molar-refractivity contribution in [2.24, 2.45) is 5.73 Å². The van der Waals surface area contributed by atoms with Crippen LogP contribution in [0.15, 0.2) is 42.1 Å². The third-order valence-corrected chi connectivity index (χ3v) is 3.02. The normalized spacial score (nSPS) is 15.6. The molecular formula is C14H15F3N2. The number of nitrogens with two attached hydrogens (primary N) is 1. The molecule has 0 aromatic heterocycles. The van der Waals surface area contributed by atoms with Crippen LogP contribution >= 0.6 is 0 Å². The van der Waals surface area contributed by atoms with E-state index in [1.807, 2.05) is 0 Å². The van der Waals surface area contributed by atoms with Gasteiger partial charge in [0.1, 0.15) is 0 Å². The number of hydrogen-bond acceptors (Lipinski definition) is 2. The molecule has 0 amide bonds. The molecule has 0 radical (unpaired) electrons. The quantitative estimate of drug-likeness (QED) is 0.892. The molecule has 1 aromatic carbocycles. The molecule has 0 saturated heterocycles. The number of nitrogens with zero attached hydrogens (tertiary/aromatic N) is 1. The molecule has 0 bridgehead atoms. The van der Waals surface area contributed by atoms with Crippen LogP contribution in [0.1, 0.15) is 11.1 Å². The highest BCUT2D eigenvalue weighted by Crippen LogP contribution is 2.38. The molecule has 19 heavy (non-hydrogen) atoms. The number of aryl methyl sites for hydroxylation is 1. The molecule has 5 heteroatoms. The second-order valence-corrected chi connectivity index (χ2v) is 4.42. The first-order valence-electron chi connectivity index (χ1n) is 5.94. The van der Waals surface area contributed by atoms with E-state index in [-0.39, 0.29) is 12.2 Å². The van der Waals surface area contributed by atoms with E-state index in [1.54, 1.807) is 36.1 Å². The predicted octanol–water partition coefficient (Wildman–Crippen LogP) is 3.23. The molecule has 1 aromatic rings. The van der Waals surface area contributed by atoms with Crippen LogP contribution in [-0.4, -0.2) is 13.1 Å². The Kier molecular flexibility index (Phi) is 3.66. The summed E-state index contributed by atoms with van der Waals surface area (Å²) in [7, 11) is 0. The lowest BCUT2D eigenvalue weighted by Crippen LogP contribution is -2.30. The highest BCUT2D eigenvalue weighted by Gasteiger charge is 2.35. The zero-order chi connectivity index (χ0) is 14.0. The standard InChI is InChI=1S/C14H15F3N2/c1-10-5-6-13(12(8-10)14(15,16)17)19-7-3-2-4-11(19)9-18/h2-6,8H,7,9,18H2,1H3. The van der Waals surface area contributed by atoms with Crippen molar-refractivity contribution in [3.63, 3.8) is 0 Å². The Morgan fingerprint density at radius 2 is 2.05 bits per heavy atom. The minimum Gasteiger partial charge on any atom is -0.339 e. The van der Waals surface area contributed by atoms with E-state index in [1.165, 1.54) is 12.1 Å². The second kappa shape index (κ2) is 5.09. The fourth-order valence-corrected chi connectivity index (χ4v) is 2.10. The predicted molar refractivity (Wildman–Crippen MR) is 69.8 cm³/mol. The minimum atomic E-state index is -4.37. The van der Waals surface area contributed by atoms with E-state index in [9.17, 15) is 13.2 Å². The van der Waals surface area contributed by atoms with E-state index < -0.39 is 11.7 Å². The zero-order valence-electron chi connectivity index (χ0n) is 10.5. The van der Waals surface area contributed by atoms with Gasteiger partial charge in [0.2, 0.25) is 0 Å². The lowest BCUT2D eigenvalue weighted by atomic mass is 10.1. The molecule has 2 nitrogen and oxygen atoms in total. The summed E-state index contributed by atoms with van der Waals surface area (Å²) < 4.78 is 39.4. The fourth-order valence-electron chi connectivity index (χ4n) is 2.10. The van der Waals surface area contributed by atoms with Crippen molar-refractivity contribution in [2.75, 3.05) is 18.0 Å². The van der Waals surface area contributed by atoms with Gasteiger partial charge in [-0.05, 0) is 25.1 Å². The van der Waals surface area contributed by atoms with Gasteiger partial charge in [-0.15, -0.1) is 0 Å². The highest BCUT2D eigenvalue weighted by molar-refractivity contribution is 5.62. The number of hydrogen-bond donors (Lipinski definition) is 1. The number of benzene rings is 1. The van der Waals surface area contributed by atoms with Crippen LogP contribution < -0.4 is 10.6 Å². The lowest BCUT2D eigenvalue weighted by Gasteiger charge is -2.30. The summed E-state index contributed by atoms with van der Waals surface area (Å²) >= 11 is 0. The summed E-state index contributed by atoms with van der Waals surface area (Å²) in [4.78, 5) is 1.60. The van der Waals surface area contributed by atoms with Crippen LogP contribution in [0.4, 0.5) is 18.9 Å². The van der Waals surface area contributed by atoms with Gasteiger partial charge in [-0.1, -0.05) is 23.8 Å². The summed E-state index contributed by atoms with van der Waals surface area (Å²) in [6.45, 7) is 2.25. The van der Waals surface area contributed by atoms with Crippen molar-refractivity contribution in [1.82, 2.24) is 0 Å². The molecule has 2 rings (SSSR count). The largest absolute Gasteiger partial charge is 0.418 e. The molecule has 0 fully saturated rings. The van der Waals surface area contributed by atoms with Crippen molar-refractivity contribution in [1.29, 1.82) is 0 Å². The first-order chi connectivity index (χ1) is 8.93. The van der Waals surface area contributed by atoms with E-state index in [0.717, 1.165) is 0 Å². The summed E-state index contributed by atoms with van der Waals surface area (Å²) in [5.41, 5.74) is 6.39. The van der Waals surface area contributed by atoms with Gasteiger partial charge in [0, 0.05) is 18.8 Å². The van der Waals surface area contributed by atoms with Gasteiger partial charge in [0.15, 0.2) is 0 Å². The number of anilines is 1. The zero-order valence-corrected chi connectivity index (χ0v) is 10.5. The van der Waals surface area contributed by atoms with Crippen LogP contribution in [0, 0.1) is 6.92 Å². The molecule has 1 aliphatic rings. The molecule has 0 saturated carbocycles. The van der Waals surface area contributed by atoms with E-state index in [4.69, 9.17) is 5.73 Å². The van der Waals surface area contributed by atoms with E-state index >= 15 is 0 Å². The molecule has 0 unspecified atom stereocenters. The van der Waals surface area contributed by atoms with Crippen LogP contribution in [0.2, 0.25) is 0 Å². The Balaban J connectivity index is 2.51. The molecule has 0 atom stereocenters. The minimum absolute atomic E-state index is 0.152. The van der Waals surface area contributed by atoms with Gasteiger partial charge in [-0.2, -0.15) is 13.2 Å². The molecule has 2 N–H and O–H groups in total. The van der Waals surface area contributed by atoms with E-state index in [2.05, 4.69) is 0 Å². The summed E-state index contributed by atoms with van der Waals surface area (Å²) in [6, 6.07) is 4.35. The third-order valence-electron chi connectivity index (χ3n) is 3.02. The number of rotatable bonds is 2. The van der Waals surface area contributed by atoms with Crippen molar-refractivity contribution in [2.45, 2.75) is 13.1 Å². The number of alkyl halides is 3. The van der Waals surface area contributed by atoms with Crippen molar-refractivity contribution in [3.8, 4) is 0 Å². The maximum Gasteiger partial charge on any atom is 0.418 e. The summed E-state index contributed by atoms with van der Waals surface area (Å²) in [5, 5.41) is 0. The van der Waals surface area contributed by atoms with Crippen LogP contribution in [0.5, 0.6) is 0 Å². The highest BCUT2D eigenvalue weighted by atomic mass is 19.4. The van der Waals surface area contributed by atoms with Gasteiger partial charge < -0.3 is 10.6 Å². The van der Waals surface area contributed by atoms with Gasteiger partial charge in [-0.3, -0.25) is 0 Å². The summed E-state index contributed by atoms with van der Waals surface area (Å²) in [6.07, 6.45) is 0.977. The maximum atomic E-state index is 13.1. The maximum absolute atomic E-state index is 13.1. The second-order valence-electron chi connectivity index (χ2n) is 4.42. The lowest BCUT2D eigenvalue weighted by molar-refractivity contribution is -0.137. The van der Waals surface area contributed by atoms with Gasteiger partial charge in [-0.25, -0.2) is 0 Å². The summed E-state index contributed by atoms with van der Waals surface area (Å²) in [5.74, 6) is 0. The van der Waals surface area contributed by atoms with Gasteiger partial charge >= 0.3 is 6.18 Å². The molecule has 0 aliphatic carbocycles. The van der Waals surface area contributed by atoms with Gasteiger partial charge in [0.25, 0.3) is 0 Å². The SMILES string of the molecule is Cc1ccc(N2CC=CC=C2CN)c(C(F)(F)F)c1. The van der Waals surface area contributed by atoms with Crippen molar-refractivity contribution in [3.05, 3.63) is 53.3 Å². The number of allylic oxidation sites excluding steroid dienone is 2. The first kappa shape index (κ1) is 13.7. The average molecular weight is 268 g/mol. The first-order valence-corrected chi connectivity index (χ1v) is 5.94. The molecule has 0 spiro atoms. The molecule has 1 heterocycles. The Morgan fingerprint density at radius 1 is 1.32 bits per heavy atom. The Labute approximate surface area is 110 Å². The Hall–Kier alpha value is -1.75. The molecular weight excluding hydrogens is 253 g/mol. The monoisotopic (exact) mass is 268 g/mol. The van der Waals surface area contributed by atoms with Crippen LogP contribution in [-0.2, 0) is 6.18 Å². The van der Waals surface area contributed by atoms with Crippen molar-refractivity contribution >= 4 is 5.69 Å². The third kappa shape index (κ3) is 2.81. The number of halogens is 3. The van der Waals surface area contributed by atoms with Crippen molar-refractivity contribution < 1.29 is 13.2 Å². The fraction of sp³-hybridized carbons (Fsp3) is 0.286. The van der Waals surface area contributed by atoms with Crippen LogP contribution in [0.25, 0.3) is 0 Å². The Bertz CT molecular complexity index is 530. The van der Waals surface area contributed by atoms with E-state index in [0.29, 0.717) is 17.8 Å². The molecule has 102 valence electrons. The van der Waals surface area contributed by atoms with Gasteiger partial charge in [0.05, 0.1) is 11.3 Å². The molecule has 1 aliphatic heterocycles. The Morgan fingerprint density at radius 3 is 2.68 bits per heavy atom. The van der Waals surface area contributed by atoms with Crippen LogP contribution in [0.3, 0.4) is 0 Å².